The monoisotopic (exact) mass is 304 g/mol. The Kier molecular flexibility index (Phi) is 4.50. The number of alkyl halides is 1. The van der Waals surface area contributed by atoms with Gasteiger partial charge < -0.3 is 9.47 Å². The van der Waals surface area contributed by atoms with Crippen LogP contribution in [-0.4, -0.2) is 19.3 Å². The van der Waals surface area contributed by atoms with Crippen LogP contribution in [-0.2, 0) is 10.1 Å². The highest BCUT2D eigenvalue weighted by Crippen LogP contribution is 2.27. The molecule has 0 unspecified atom stereocenters. The molecule has 1 aromatic rings. The molecule has 2 rings (SSSR count). The van der Waals surface area contributed by atoms with Crippen molar-refractivity contribution in [2.75, 3.05) is 13.2 Å². The number of rotatable bonds is 3. The molecule has 4 heteroatoms. The lowest BCUT2D eigenvalue weighted by atomic mass is 10.1. The molecule has 1 aromatic carbocycles. The molecule has 16 heavy (non-hydrogen) atoms. The molecule has 0 radical (unpaired) electrons. The molecule has 0 atom stereocenters. The van der Waals surface area contributed by atoms with Crippen LogP contribution in [0.1, 0.15) is 18.4 Å². The van der Waals surface area contributed by atoms with Crippen molar-refractivity contribution < 1.29 is 9.47 Å². The zero-order chi connectivity index (χ0) is 11.4. The minimum absolute atomic E-state index is 0.271. The van der Waals surface area contributed by atoms with E-state index in [-0.39, 0.29) is 6.10 Å². The maximum atomic E-state index is 5.96. The summed E-state index contributed by atoms with van der Waals surface area (Å²) in [5.41, 5.74) is 1.10. The van der Waals surface area contributed by atoms with E-state index in [0.717, 1.165) is 47.7 Å². The second kappa shape index (κ2) is 5.89. The summed E-state index contributed by atoms with van der Waals surface area (Å²) >= 11 is 9.39. The number of halogens is 2. The first-order valence-electron chi connectivity index (χ1n) is 5.38. The molecule has 1 heterocycles. The normalized spacial score (nSPS) is 17.4. The summed E-state index contributed by atoms with van der Waals surface area (Å²) in [4.78, 5) is 0. The molecule has 1 aliphatic rings. The molecular weight excluding hydrogens is 291 g/mol. The molecule has 0 aromatic heterocycles. The standard InChI is InChI=1S/C12H14BrClO2/c13-8-9-7-10(14)1-2-12(9)16-11-3-5-15-6-4-11/h1-2,7,11H,3-6,8H2. The molecule has 1 saturated heterocycles. The molecule has 0 saturated carbocycles. The van der Waals surface area contributed by atoms with Crippen molar-refractivity contribution in [1.29, 1.82) is 0 Å². The Morgan fingerprint density at radius 1 is 1.38 bits per heavy atom. The Balaban J connectivity index is 2.07. The van der Waals surface area contributed by atoms with E-state index < -0.39 is 0 Å². The van der Waals surface area contributed by atoms with Gasteiger partial charge in [0.2, 0.25) is 0 Å². The van der Waals surface area contributed by atoms with E-state index in [1.165, 1.54) is 0 Å². The van der Waals surface area contributed by atoms with Gasteiger partial charge in [0.25, 0.3) is 0 Å². The second-order valence-corrected chi connectivity index (χ2v) is 4.81. The third-order valence-corrected chi connectivity index (χ3v) is 3.47. The minimum Gasteiger partial charge on any atom is -0.490 e. The molecule has 0 N–H and O–H groups in total. The highest BCUT2D eigenvalue weighted by molar-refractivity contribution is 9.08. The van der Waals surface area contributed by atoms with Crippen molar-refractivity contribution in [2.45, 2.75) is 24.3 Å². The van der Waals surface area contributed by atoms with E-state index in [4.69, 9.17) is 21.1 Å². The van der Waals surface area contributed by atoms with Crippen molar-refractivity contribution >= 4 is 27.5 Å². The summed E-state index contributed by atoms with van der Waals surface area (Å²) in [6, 6.07) is 5.74. The van der Waals surface area contributed by atoms with E-state index in [0.29, 0.717) is 0 Å². The van der Waals surface area contributed by atoms with E-state index in [1.54, 1.807) is 0 Å². The summed E-state index contributed by atoms with van der Waals surface area (Å²) in [6.45, 7) is 1.59. The summed E-state index contributed by atoms with van der Waals surface area (Å²) in [5, 5.41) is 1.50. The van der Waals surface area contributed by atoms with E-state index >= 15 is 0 Å². The van der Waals surface area contributed by atoms with Crippen LogP contribution in [0.5, 0.6) is 5.75 Å². The predicted octanol–water partition coefficient (Wildman–Crippen LogP) is 3.79. The van der Waals surface area contributed by atoms with Crippen LogP contribution in [0.2, 0.25) is 5.02 Å². The lowest BCUT2D eigenvalue weighted by Gasteiger charge is -2.24. The van der Waals surface area contributed by atoms with Gasteiger partial charge in [-0.15, -0.1) is 0 Å². The third kappa shape index (κ3) is 3.12. The van der Waals surface area contributed by atoms with Gasteiger partial charge in [0, 0.05) is 28.8 Å². The number of ether oxygens (including phenoxy) is 2. The average Bonchev–Trinajstić information content (AvgIpc) is 2.33. The summed E-state index contributed by atoms with van der Waals surface area (Å²) in [7, 11) is 0. The van der Waals surface area contributed by atoms with Gasteiger partial charge in [0.1, 0.15) is 11.9 Å². The Hall–Kier alpha value is -0.250. The van der Waals surface area contributed by atoms with Crippen molar-refractivity contribution in [3.63, 3.8) is 0 Å². The van der Waals surface area contributed by atoms with Gasteiger partial charge >= 0.3 is 0 Å². The van der Waals surface area contributed by atoms with Gasteiger partial charge in [-0.2, -0.15) is 0 Å². The fourth-order valence-electron chi connectivity index (χ4n) is 1.74. The summed E-state index contributed by atoms with van der Waals surface area (Å²) in [5.74, 6) is 0.924. The van der Waals surface area contributed by atoms with Crippen molar-refractivity contribution in [3.05, 3.63) is 28.8 Å². The molecule has 88 valence electrons. The first kappa shape index (κ1) is 12.2. The van der Waals surface area contributed by atoms with Crippen molar-refractivity contribution in [2.24, 2.45) is 0 Å². The number of benzene rings is 1. The van der Waals surface area contributed by atoms with Crippen molar-refractivity contribution in [1.82, 2.24) is 0 Å². The fourth-order valence-corrected chi connectivity index (χ4v) is 2.37. The van der Waals surface area contributed by atoms with Gasteiger partial charge in [-0.3, -0.25) is 0 Å². The minimum atomic E-state index is 0.271. The Bertz CT molecular complexity index is 351. The quantitative estimate of drug-likeness (QED) is 0.791. The smallest absolute Gasteiger partial charge is 0.123 e. The van der Waals surface area contributed by atoms with Crippen molar-refractivity contribution in [3.8, 4) is 5.75 Å². The fraction of sp³-hybridized carbons (Fsp3) is 0.500. The molecular formula is C12H14BrClO2. The van der Waals surface area contributed by atoms with Gasteiger partial charge in [-0.05, 0) is 18.2 Å². The van der Waals surface area contributed by atoms with Gasteiger partial charge in [0.15, 0.2) is 0 Å². The predicted molar refractivity (Wildman–Crippen MR) is 68.6 cm³/mol. The molecule has 0 spiro atoms. The zero-order valence-corrected chi connectivity index (χ0v) is 11.3. The van der Waals surface area contributed by atoms with Gasteiger partial charge in [-0.25, -0.2) is 0 Å². The van der Waals surface area contributed by atoms with Crippen LogP contribution in [0.3, 0.4) is 0 Å². The number of hydrogen-bond donors (Lipinski definition) is 0. The van der Waals surface area contributed by atoms with E-state index in [9.17, 15) is 0 Å². The second-order valence-electron chi connectivity index (χ2n) is 3.82. The van der Waals surface area contributed by atoms with E-state index in [1.807, 2.05) is 18.2 Å². The van der Waals surface area contributed by atoms with Crippen LogP contribution in [0.15, 0.2) is 18.2 Å². The summed E-state index contributed by atoms with van der Waals surface area (Å²) < 4.78 is 11.3. The lowest BCUT2D eigenvalue weighted by Crippen LogP contribution is -2.26. The van der Waals surface area contributed by atoms with Gasteiger partial charge in [-0.1, -0.05) is 27.5 Å². The maximum Gasteiger partial charge on any atom is 0.123 e. The zero-order valence-electron chi connectivity index (χ0n) is 8.92. The number of hydrogen-bond acceptors (Lipinski definition) is 2. The molecule has 0 bridgehead atoms. The summed E-state index contributed by atoms with van der Waals surface area (Å²) in [6.07, 6.45) is 2.20. The molecule has 1 aliphatic heterocycles. The third-order valence-electron chi connectivity index (χ3n) is 2.63. The Labute approximate surface area is 109 Å². The molecule has 0 aliphatic carbocycles. The topological polar surface area (TPSA) is 18.5 Å². The molecule has 0 amide bonds. The van der Waals surface area contributed by atoms with Crippen LogP contribution in [0.4, 0.5) is 0 Å². The highest BCUT2D eigenvalue weighted by Gasteiger charge is 2.16. The first-order chi connectivity index (χ1) is 7.79. The first-order valence-corrected chi connectivity index (χ1v) is 6.88. The molecule has 2 nitrogen and oxygen atoms in total. The largest absolute Gasteiger partial charge is 0.490 e. The van der Waals surface area contributed by atoms with Crippen LogP contribution < -0.4 is 4.74 Å². The average molecular weight is 306 g/mol. The van der Waals surface area contributed by atoms with Crippen LogP contribution in [0.25, 0.3) is 0 Å². The lowest BCUT2D eigenvalue weighted by molar-refractivity contribution is 0.0253. The van der Waals surface area contributed by atoms with Gasteiger partial charge in [0.05, 0.1) is 13.2 Å². The Morgan fingerprint density at radius 3 is 2.81 bits per heavy atom. The Morgan fingerprint density at radius 2 is 2.12 bits per heavy atom. The van der Waals surface area contributed by atoms with Crippen LogP contribution in [0, 0.1) is 0 Å². The highest BCUT2D eigenvalue weighted by atomic mass is 79.9. The SMILES string of the molecule is Clc1ccc(OC2CCOCC2)c(CBr)c1. The maximum absolute atomic E-state index is 5.96. The van der Waals surface area contributed by atoms with E-state index in [2.05, 4.69) is 15.9 Å². The van der Waals surface area contributed by atoms with Crippen LogP contribution >= 0.6 is 27.5 Å². The molecule has 1 fully saturated rings.